The lowest BCUT2D eigenvalue weighted by atomic mass is 9.87. The average molecular weight is 304 g/mol. The van der Waals surface area contributed by atoms with Crippen LogP contribution in [0, 0.1) is 6.92 Å². The van der Waals surface area contributed by atoms with Crippen LogP contribution in [0.15, 0.2) is 24.3 Å². The van der Waals surface area contributed by atoms with Gasteiger partial charge in [0.25, 0.3) is 5.91 Å². The van der Waals surface area contributed by atoms with Gasteiger partial charge in [-0.05, 0) is 37.3 Å². The van der Waals surface area contributed by atoms with Crippen LogP contribution in [0.25, 0.3) is 0 Å². The smallest absolute Gasteiger partial charge is 0.271 e. The van der Waals surface area contributed by atoms with Gasteiger partial charge in [0, 0.05) is 7.05 Å². The van der Waals surface area contributed by atoms with E-state index in [-0.39, 0.29) is 11.9 Å². The second kappa shape index (κ2) is 5.53. The summed E-state index contributed by atoms with van der Waals surface area (Å²) in [7, 11) is 1.74. The molecule has 1 aromatic heterocycles. The summed E-state index contributed by atoms with van der Waals surface area (Å²) in [5, 5.41) is 7.72. The van der Waals surface area contributed by atoms with E-state index in [2.05, 4.69) is 22.5 Å². The van der Waals surface area contributed by atoms with E-state index in [1.54, 1.807) is 18.7 Å². The van der Waals surface area contributed by atoms with Crippen molar-refractivity contribution in [2.24, 2.45) is 7.05 Å². The van der Waals surface area contributed by atoms with Crippen molar-refractivity contribution in [3.63, 3.8) is 0 Å². The number of nitrogens with zero attached hydrogens (tertiary/aromatic N) is 2. The van der Waals surface area contributed by atoms with E-state index < -0.39 is 0 Å². The largest absolute Gasteiger partial charge is 0.344 e. The molecule has 0 aliphatic heterocycles. The lowest BCUT2D eigenvalue weighted by molar-refractivity contribution is 0.0923. The Hall–Kier alpha value is -1.81. The molecule has 1 heterocycles. The summed E-state index contributed by atoms with van der Waals surface area (Å²) < 4.78 is 1.54. The van der Waals surface area contributed by atoms with Crippen LogP contribution in [0.2, 0.25) is 5.02 Å². The zero-order valence-electron chi connectivity index (χ0n) is 12.2. The molecule has 1 aromatic carbocycles. The predicted molar refractivity (Wildman–Crippen MR) is 82.5 cm³/mol. The van der Waals surface area contributed by atoms with Gasteiger partial charge in [0.05, 0.1) is 16.8 Å². The highest BCUT2D eigenvalue weighted by Gasteiger charge is 2.25. The number of amides is 1. The zero-order chi connectivity index (χ0) is 15.0. The quantitative estimate of drug-likeness (QED) is 0.926. The van der Waals surface area contributed by atoms with Crippen LogP contribution in [0.5, 0.6) is 0 Å². The predicted octanol–water partition coefficient (Wildman–Crippen LogP) is 3.19. The first-order chi connectivity index (χ1) is 10.1. The number of aromatic nitrogens is 2. The highest BCUT2D eigenvalue weighted by Crippen LogP contribution is 2.30. The van der Waals surface area contributed by atoms with Crippen molar-refractivity contribution < 1.29 is 4.79 Å². The Labute approximate surface area is 129 Å². The standard InChI is InChI=1S/C16H18ClN3O/c1-10-14(17)15(20(2)19-10)16(21)18-13-9-5-7-11-6-3-4-8-12(11)13/h3-4,6,8,13H,5,7,9H2,1-2H3,(H,18,21)/t13-/m1/s1. The molecule has 1 atom stereocenters. The molecule has 0 saturated heterocycles. The molecule has 0 bridgehead atoms. The monoisotopic (exact) mass is 303 g/mol. The Balaban J connectivity index is 1.86. The van der Waals surface area contributed by atoms with E-state index >= 15 is 0 Å². The van der Waals surface area contributed by atoms with Crippen LogP contribution in [-0.4, -0.2) is 15.7 Å². The van der Waals surface area contributed by atoms with E-state index in [0.29, 0.717) is 16.4 Å². The summed E-state index contributed by atoms with van der Waals surface area (Å²) in [6.45, 7) is 1.80. The van der Waals surface area contributed by atoms with Crippen LogP contribution in [0.1, 0.15) is 46.2 Å². The molecule has 1 amide bonds. The van der Waals surface area contributed by atoms with Gasteiger partial charge in [0.2, 0.25) is 0 Å². The minimum atomic E-state index is -0.162. The van der Waals surface area contributed by atoms with Crippen molar-refractivity contribution in [2.45, 2.75) is 32.2 Å². The maximum atomic E-state index is 12.5. The molecule has 3 rings (SSSR count). The van der Waals surface area contributed by atoms with E-state index in [9.17, 15) is 4.79 Å². The molecular formula is C16H18ClN3O. The van der Waals surface area contributed by atoms with Crippen LogP contribution < -0.4 is 5.32 Å². The van der Waals surface area contributed by atoms with Gasteiger partial charge in [0.15, 0.2) is 0 Å². The molecule has 1 aliphatic rings. The van der Waals surface area contributed by atoms with Crippen molar-refractivity contribution in [1.82, 2.24) is 15.1 Å². The molecule has 2 aromatic rings. The Bertz CT molecular complexity index is 693. The minimum Gasteiger partial charge on any atom is -0.344 e. The fourth-order valence-corrected chi connectivity index (χ4v) is 3.26. The van der Waals surface area contributed by atoms with Gasteiger partial charge in [-0.3, -0.25) is 9.48 Å². The van der Waals surface area contributed by atoms with Crippen molar-refractivity contribution in [1.29, 1.82) is 0 Å². The van der Waals surface area contributed by atoms with Crippen LogP contribution in [-0.2, 0) is 13.5 Å². The highest BCUT2D eigenvalue weighted by molar-refractivity contribution is 6.34. The number of carbonyl (C=O) groups is 1. The summed E-state index contributed by atoms with van der Waals surface area (Å²) >= 11 is 6.18. The van der Waals surface area contributed by atoms with E-state index in [0.717, 1.165) is 19.3 Å². The van der Waals surface area contributed by atoms with Gasteiger partial charge in [-0.25, -0.2) is 0 Å². The molecule has 0 fully saturated rings. The number of hydrogen-bond donors (Lipinski definition) is 1. The molecule has 0 radical (unpaired) electrons. The fraction of sp³-hybridized carbons (Fsp3) is 0.375. The summed E-state index contributed by atoms with van der Waals surface area (Å²) in [5.74, 6) is -0.162. The third-order valence-electron chi connectivity index (χ3n) is 4.04. The number of carbonyl (C=O) groups excluding carboxylic acids is 1. The maximum Gasteiger partial charge on any atom is 0.271 e. The first kappa shape index (κ1) is 14.1. The molecule has 1 N–H and O–H groups in total. The molecule has 21 heavy (non-hydrogen) atoms. The summed E-state index contributed by atoms with van der Waals surface area (Å²) in [6.07, 6.45) is 3.12. The van der Waals surface area contributed by atoms with Gasteiger partial charge >= 0.3 is 0 Å². The van der Waals surface area contributed by atoms with Crippen LogP contribution >= 0.6 is 11.6 Å². The summed E-state index contributed by atoms with van der Waals surface area (Å²) in [6, 6.07) is 8.34. The highest BCUT2D eigenvalue weighted by atomic mass is 35.5. The number of hydrogen-bond acceptors (Lipinski definition) is 2. The van der Waals surface area contributed by atoms with Crippen LogP contribution in [0.4, 0.5) is 0 Å². The lowest BCUT2D eigenvalue weighted by Gasteiger charge is -2.26. The normalized spacial score (nSPS) is 17.4. The first-order valence-electron chi connectivity index (χ1n) is 7.15. The summed E-state index contributed by atoms with van der Waals surface area (Å²) in [5.41, 5.74) is 3.64. The molecule has 0 saturated carbocycles. The van der Waals surface area contributed by atoms with Gasteiger partial charge < -0.3 is 5.32 Å². The molecule has 1 aliphatic carbocycles. The third kappa shape index (κ3) is 2.56. The van der Waals surface area contributed by atoms with Gasteiger partial charge in [-0.15, -0.1) is 0 Å². The Morgan fingerprint density at radius 3 is 2.90 bits per heavy atom. The van der Waals surface area contributed by atoms with E-state index in [1.807, 2.05) is 12.1 Å². The number of halogens is 1. The molecular weight excluding hydrogens is 286 g/mol. The second-order valence-corrected chi connectivity index (χ2v) is 5.87. The molecule has 4 nitrogen and oxygen atoms in total. The number of fused-ring (bicyclic) bond motifs is 1. The molecule has 0 unspecified atom stereocenters. The molecule has 110 valence electrons. The van der Waals surface area contributed by atoms with Gasteiger partial charge in [0.1, 0.15) is 5.69 Å². The minimum absolute atomic E-state index is 0.0497. The number of aryl methyl sites for hydroxylation is 3. The molecule has 0 spiro atoms. The SMILES string of the molecule is Cc1nn(C)c(C(=O)N[C@@H]2CCCc3ccccc32)c1Cl. The number of nitrogens with one attached hydrogen (secondary N) is 1. The van der Waals surface area contributed by atoms with Crippen molar-refractivity contribution in [2.75, 3.05) is 0 Å². The molecule has 5 heteroatoms. The Morgan fingerprint density at radius 1 is 1.43 bits per heavy atom. The lowest BCUT2D eigenvalue weighted by Crippen LogP contribution is -2.32. The van der Waals surface area contributed by atoms with E-state index in [1.165, 1.54) is 11.1 Å². The topological polar surface area (TPSA) is 46.9 Å². The zero-order valence-corrected chi connectivity index (χ0v) is 12.9. The van der Waals surface area contributed by atoms with Gasteiger partial charge in [-0.1, -0.05) is 35.9 Å². The maximum absolute atomic E-state index is 12.5. The number of benzene rings is 1. The fourth-order valence-electron chi connectivity index (χ4n) is 3.01. The first-order valence-corrected chi connectivity index (χ1v) is 7.53. The van der Waals surface area contributed by atoms with E-state index in [4.69, 9.17) is 11.6 Å². The third-order valence-corrected chi connectivity index (χ3v) is 4.49. The Kier molecular flexibility index (Phi) is 3.72. The van der Waals surface area contributed by atoms with Crippen molar-refractivity contribution in [3.05, 3.63) is 51.8 Å². The van der Waals surface area contributed by atoms with Crippen LogP contribution in [0.3, 0.4) is 0 Å². The van der Waals surface area contributed by atoms with Crippen molar-refractivity contribution >= 4 is 17.5 Å². The second-order valence-electron chi connectivity index (χ2n) is 5.49. The average Bonchev–Trinajstić information content (AvgIpc) is 2.72. The number of rotatable bonds is 2. The van der Waals surface area contributed by atoms with Crippen molar-refractivity contribution in [3.8, 4) is 0 Å². The summed E-state index contributed by atoms with van der Waals surface area (Å²) in [4.78, 5) is 12.5. The Morgan fingerprint density at radius 2 is 2.19 bits per heavy atom. The van der Waals surface area contributed by atoms with Gasteiger partial charge in [-0.2, -0.15) is 5.10 Å².